The molecule has 0 saturated carbocycles. The van der Waals surface area contributed by atoms with Crippen LogP contribution in [0.1, 0.15) is 55.2 Å². The SMILES string of the molecule is CC(CCC(=O)NC=O)c1coc2cc(CNCC3CCN(c4ncc(-c5cccc(Cl)c5)cc4C(F)(F)F)CC3)ccc12. The van der Waals surface area contributed by atoms with Gasteiger partial charge in [-0.2, -0.15) is 13.2 Å². The van der Waals surface area contributed by atoms with Crippen molar-refractivity contribution in [3.8, 4) is 11.1 Å². The van der Waals surface area contributed by atoms with Gasteiger partial charge in [0.05, 0.1) is 11.8 Å². The van der Waals surface area contributed by atoms with Gasteiger partial charge in [0.1, 0.15) is 11.4 Å². The van der Waals surface area contributed by atoms with Gasteiger partial charge in [0.15, 0.2) is 0 Å². The van der Waals surface area contributed by atoms with E-state index in [9.17, 15) is 22.8 Å². The fourth-order valence-electron chi connectivity index (χ4n) is 5.74. The molecule has 232 valence electrons. The maximum atomic E-state index is 14.1. The minimum Gasteiger partial charge on any atom is -0.464 e. The van der Waals surface area contributed by atoms with E-state index >= 15 is 0 Å². The minimum atomic E-state index is -4.53. The summed E-state index contributed by atoms with van der Waals surface area (Å²) in [6.07, 6.45) is 1.43. The number of aromatic nitrogens is 1. The molecule has 3 heterocycles. The van der Waals surface area contributed by atoms with E-state index in [1.165, 1.54) is 6.20 Å². The average Bonchev–Trinajstić information content (AvgIpc) is 3.43. The fraction of sp³-hybridized carbons (Fsp3) is 0.364. The van der Waals surface area contributed by atoms with Gasteiger partial charge in [0.2, 0.25) is 12.3 Å². The van der Waals surface area contributed by atoms with Gasteiger partial charge in [0.25, 0.3) is 0 Å². The molecule has 1 saturated heterocycles. The number of nitrogens with zero attached hydrogens (tertiary/aromatic N) is 2. The molecule has 2 N–H and O–H groups in total. The molecule has 0 bridgehead atoms. The van der Waals surface area contributed by atoms with Crippen LogP contribution < -0.4 is 15.5 Å². The van der Waals surface area contributed by atoms with Crippen molar-refractivity contribution in [2.24, 2.45) is 5.92 Å². The van der Waals surface area contributed by atoms with Crippen LogP contribution in [0.5, 0.6) is 0 Å². The van der Waals surface area contributed by atoms with E-state index in [0.717, 1.165) is 47.5 Å². The highest BCUT2D eigenvalue weighted by Gasteiger charge is 2.37. The van der Waals surface area contributed by atoms with Crippen molar-refractivity contribution in [2.75, 3.05) is 24.5 Å². The minimum absolute atomic E-state index is 0.0284. The number of imide groups is 1. The number of amides is 2. The highest BCUT2D eigenvalue weighted by molar-refractivity contribution is 6.30. The molecule has 1 unspecified atom stereocenters. The molecule has 0 radical (unpaired) electrons. The van der Waals surface area contributed by atoms with Crippen molar-refractivity contribution in [1.29, 1.82) is 0 Å². The monoisotopic (exact) mass is 626 g/mol. The van der Waals surface area contributed by atoms with Gasteiger partial charge >= 0.3 is 6.18 Å². The van der Waals surface area contributed by atoms with Crippen LogP contribution in [0, 0.1) is 5.92 Å². The highest BCUT2D eigenvalue weighted by Crippen LogP contribution is 2.39. The third-order valence-electron chi connectivity index (χ3n) is 8.23. The zero-order chi connectivity index (χ0) is 31.3. The molecule has 1 aliphatic heterocycles. The largest absolute Gasteiger partial charge is 0.464 e. The molecule has 1 fully saturated rings. The first kappa shape index (κ1) is 31.5. The lowest BCUT2D eigenvalue weighted by atomic mass is 9.95. The summed E-state index contributed by atoms with van der Waals surface area (Å²) in [5.41, 5.74) is 3.08. The van der Waals surface area contributed by atoms with Crippen LogP contribution >= 0.6 is 11.6 Å². The normalized spacial score (nSPS) is 15.0. The number of pyridine rings is 1. The number of halogens is 4. The van der Waals surface area contributed by atoms with Gasteiger partial charge in [-0.1, -0.05) is 42.8 Å². The first-order valence-electron chi connectivity index (χ1n) is 14.6. The second-order valence-corrected chi connectivity index (χ2v) is 11.7. The molecule has 1 atom stereocenters. The molecule has 44 heavy (non-hydrogen) atoms. The number of carbonyl (C=O) groups excluding carboxylic acids is 2. The lowest BCUT2D eigenvalue weighted by Crippen LogP contribution is -2.38. The standard InChI is InChI=1S/C33H34ClF3N4O3/c1-21(5-8-31(43)40-20-42)28-19-44-30-13-23(6-7-27(28)30)17-38-16-22-9-11-41(12-10-22)32-29(33(35,36)37)15-25(18-39-32)24-3-2-4-26(34)14-24/h2-4,6-7,13-15,18-22,38H,5,8-12,16-17H2,1H3,(H,40,42,43). The summed E-state index contributed by atoms with van der Waals surface area (Å²) < 4.78 is 48.0. The predicted molar refractivity (Wildman–Crippen MR) is 164 cm³/mol. The van der Waals surface area contributed by atoms with Crippen molar-refractivity contribution in [1.82, 2.24) is 15.6 Å². The Labute approximate surface area is 258 Å². The van der Waals surface area contributed by atoms with E-state index in [1.807, 2.05) is 25.1 Å². The lowest BCUT2D eigenvalue weighted by Gasteiger charge is -2.34. The Hall–Kier alpha value is -3.89. The first-order chi connectivity index (χ1) is 21.1. The number of hydrogen-bond acceptors (Lipinski definition) is 6. The number of rotatable bonds is 11. The van der Waals surface area contributed by atoms with Crippen LogP contribution in [0.15, 0.2) is 65.4 Å². The lowest BCUT2D eigenvalue weighted by molar-refractivity contribution is -0.137. The topological polar surface area (TPSA) is 87.5 Å². The second kappa shape index (κ2) is 13.8. The van der Waals surface area contributed by atoms with E-state index in [2.05, 4.69) is 15.6 Å². The van der Waals surface area contributed by atoms with Crippen LogP contribution in [0.3, 0.4) is 0 Å². The fourth-order valence-corrected chi connectivity index (χ4v) is 5.93. The van der Waals surface area contributed by atoms with Crippen molar-refractivity contribution in [3.05, 3.63) is 82.7 Å². The van der Waals surface area contributed by atoms with Crippen LogP contribution in [-0.2, 0) is 22.3 Å². The number of nitrogens with one attached hydrogen (secondary N) is 2. The van der Waals surface area contributed by atoms with Crippen LogP contribution in [0.25, 0.3) is 22.1 Å². The Morgan fingerprint density at radius 3 is 2.68 bits per heavy atom. The van der Waals surface area contributed by atoms with E-state index < -0.39 is 11.7 Å². The zero-order valence-electron chi connectivity index (χ0n) is 24.3. The summed E-state index contributed by atoms with van der Waals surface area (Å²) in [5, 5.41) is 7.10. The maximum Gasteiger partial charge on any atom is 0.419 e. The molecule has 0 aliphatic carbocycles. The van der Waals surface area contributed by atoms with E-state index in [-0.39, 0.29) is 24.1 Å². The molecule has 1 aliphatic rings. The quantitative estimate of drug-likeness (QED) is 0.170. The van der Waals surface area contributed by atoms with Crippen molar-refractivity contribution < 1.29 is 27.2 Å². The molecule has 2 amide bonds. The van der Waals surface area contributed by atoms with Crippen molar-refractivity contribution >= 4 is 40.7 Å². The Morgan fingerprint density at radius 2 is 1.95 bits per heavy atom. The van der Waals surface area contributed by atoms with Gasteiger partial charge in [-0.25, -0.2) is 4.98 Å². The third-order valence-corrected chi connectivity index (χ3v) is 8.47. The maximum absolute atomic E-state index is 14.1. The van der Waals surface area contributed by atoms with Gasteiger partial charge < -0.3 is 14.6 Å². The molecule has 11 heteroatoms. The number of fused-ring (bicyclic) bond motifs is 1. The summed E-state index contributed by atoms with van der Waals surface area (Å²) in [5.74, 6) is 0.0960. The van der Waals surface area contributed by atoms with E-state index in [1.54, 1.807) is 35.4 Å². The summed E-state index contributed by atoms with van der Waals surface area (Å²) in [6, 6.07) is 14.0. The Bertz CT molecular complexity index is 1620. The van der Waals surface area contributed by atoms with Gasteiger partial charge in [-0.3, -0.25) is 14.9 Å². The molecule has 7 nitrogen and oxygen atoms in total. The molecule has 2 aromatic heterocycles. The Kier molecular flexibility index (Phi) is 9.90. The number of furan rings is 1. The number of alkyl halides is 3. The zero-order valence-corrected chi connectivity index (χ0v) is 25.0. The smallest absolute Gasteiger partial charge is 0.419 e. The van der Waals surface area contributed by atoms with Crippen LogP contribution in [0.4, 0.5) is 19.0 Å². The average molecular weight is 627 g/mol. The number of hydrogen-bond donors (Lipinski definition) is 2. The Balaban J connectivity index is 1.14. The molecule has 4 aromatic rings. The second-order valence-electron chi connectivity index (χ2n) is 11.3. The number of anilines is 1. The van der Waals surface area contributed by atoms with Crippen molar-refractivity contribution in [2.45, 2.75) is 51.2 Å². The van der Waals surface area contributed by atoms with Gasteiger partial charge in [-0.05, 0) is 73.0 Å². The summed E-state index contributed by atoms with van der Waals surface area (Å²) in [7, 11) is 0. The van der Waals surface area contributed by atoms with Crippen LogP contribution in [-0.4, -0.2) is 36.9 Å². The Morgan fingerprint density at radius 1 is 1.16 bits per heavy atom. The first-order valence-corrected chi connectivity index (χ1v) is 15.0. The molecule has 2 aromatic carbocycles. The highest BCUT2D eigenvalue weighted by atomic mass is 35.5. The van der Waals surface area contributed by atoms with E-state index in [4.69, 9.17) is 16.0 Å². The molecular weight excluding hydrogens is 593 g/mol. The predicted octanol–water partition coefficient (Wildman–Crippen LogP) is 7.33. The number of benzene rings is 2. The molecular formula is C33H34ClF3N4O3. The van der Waals surface area contributed by atoms with Gasteiger partial charge in [-0.15, -0.1) is 0 Å². The summed E-state index contributed by atoms with van der Waals surface area (Å²) in [6.45, 7) is 4.40. The van der Waals surface area contributed by atoms with Gasteiger partial charge in [0, 0.05) is 53.8 Å². The van der Waals surface area contributed by atoms with Crippen LogP contribution in [0.2, 0.25) is 5.02 Å². The third kappa shape index (κ3) is 7.60. The summed E-state index contributed by atoms with van der Waals surface area (Å²) in [4.78, 5) is 28.1. The number of carbonyl (C=O) groups is 2. The van der Waals surface area contributed by atoms with Crippen molar-refractivity contribution in [3.63, 3.8) is 0 Å². The number of piperidine rings is 1. The molecule has 5 rings (SSSR count). The molecule has 0 spiro atoms. The summed E-state index contributed by atoms with van der Waals surface area (Å²) >= 11 is 6.04. The van der Waals surface area contributed by atoms with E-state index in [0.29, 0.717) is 54.5 Å².